The fourth-order valence-electron chi connectivity index (χ4n) is 1.51. The largest absolute Gasteiger partial charge is 0.496 e. The third kappa shape index (κ3) is 3.64. The highest BCUT2D eigenvalue weighted by Crippen LogP contribution is 2.37. The van der Waals surface area contributed by atoms with Crippen molar-refractivity contribution in [2.75, 3.05) is 7.11 Å². The number of hydrogen-bond donors (Lipinski definition) is 2. The maximum absolute atomic E-state index is 8.59. The first-order chi connectivity index (χ1) is 10.0. The van der Waals surface area contributed by atoms with Crippen LogP contribution in [-0.2, 0) is 0 Å². The van der Waals surface area contributed by atoms with Gasteiger partial charge in [0.2, 0.25) is 5.88 Å². The topological polar surface area (TPSA) is 90.0 Å². The molecule has 8 heteroatoms. The predicted octanol–water partition coefficient (Wildman–Crippen LogP) is 3.50. The van der Waals surface area contributed by atoms with Crippen LogP contribution in [0.1, 0.15) is 5.56 Å². The van der Waals surface area contributed by atoms with E-state index in [2.05, 4.69) is 42.0 Å². The van der Waals surface area contributed by atoms with E-state index in [0.717, 1.165) is 8.95 Å². The molecule has 110 valence electrons. The van der Waals surface area contributed by atoms with E-state index in [1.807, 2.05) is 0 Å². The van der Waals surface area contributed by atoms with Gasteiger partial charge in [-0.05, 0) is 50.1 Å². The molecule has 0 saturated heterocycles. The van der Waals surface area contributed by atoms with E-state index >= 15 is 0 Å². The number of nitrogens with zero attached hydrogens (tertiary/aromatic N) is 2. The molecule has 0 saturated carbocycles. The minimum atomic E-state index is -0.0116. The van der Waals surface area contributed by atoms with Gasteiger partial charge in [0.1, 0.15) is 11.5 Å². The number of nitrogens with two attached hydrogens (primary N) is 1. The summed E-state index contributed by atoms with van der Waals surface area (Å²) in [4.78, 5) is 4.09. The molecule has 0 radical (unpaired) electrons. The summed E-state index contributed by atoms with van der Waals surface area (Å²) in [5.74, 6) is 1.63. The Morgan fingerprint density at radius 3 is 2.48 bits per heavy atom. The highest BCUT2D eigenvalue weighted by Gasteiger charge is 2.10. The van der Waals surface area contributed by atoms with Gasteiger partial charge in [0.15, 0.2) is 5.84 Å². The maximum Gasteiger partial charge on any atom is 0.219 e. The van der Waals surface area contributed by atoms with Crippen LogP contribution in [0.5, 0.6) is 17.4 Å². The Morgan fingerprint density at radius 1 is 1.24 bits per heavy atom. The third-order valence-corrected chi connectivity index (χ3v) is 3.80. The molecule has 2 rings (SSSR count). The Bertz CT molecular complexity index is 675. The second kappa shape index (κ2) is 6.77. The molecule has 0 aliphatic rings. The third-order valence-electron chi connectivity index (χ3n) is 2.56. The smallest absolute Gasteiger partial charge is 0.219 e. The van der Waals surface area contributed by atoms with Gasteiger partial charge in [-0.25, -0.2) is 4.98 Å². The highest BCUT2D eigenvalue weighted by atomic mass is 79.9. The van der Waals surface area contributed by atoms with Gasteiger partial charge in [-0.3, -0.25) is 0 Å². The lowest BCUT2D eigenvalue weighted by atomic mass is 10.2. The lowest BCUT2D eigenvalue weighted by molar-refractivity contribution is 0.318. The van der Waals surface area contributed by atoms with E-state index in [9.17, 15) is 0 Å². The minimum absolute atomic E-state index is 0.0116. The van der Waals surface area contributed by atoms with E-state index in [1.165, 1.54) is 6.20 Å². The van der Waals surface area contributed by atoms with Gasteiger partial charge in [0.25, 0.3) is 0 Å². The Labute approximate surface area is 137 Å². The number of rotatable bonds is 4. The van der Waals surface area contributed by atoms with Crippen LogP contribution in [0.2, 0.25) is 0 Å². The van der Waals surface area contributed by atoms with Crippen LogP contribution >= 0.6 is 31.9 Å². The van der Waals surface area contributed by atoms with Crippen molar-refractivity contribution in [1.82, 2.24) is 4.98 Å². The molecule has 1 heterocycles. The molecular formula is C13H11Br2N3O3. The summed E-state index contributed by atoms with van der Waals surface area (Å²) in [7, 11) is 1.58. The zero-order chi connectivity index (χ0) is 15.4. The molecule has 21 heavy (non-hydrogen) atoms. The van der Waals surface area contributed by atoms with Crippen LogP contribution in [0.15, 0.2) is 44.6 Å². The number of ether oxygens (including phenoxy) is 2. The molecule has 1 aromatic heterocycles. The highest BCUT2D eigenvalue weighted by molar-refractivity contribution is 9.11. The first-order valence-corrected chi connectivity index (χ1v) is 7.28. The van der Waals surface area contributed by atoms with E-state index in [1.54, 1.807) is 31.4 Å². The number of amidine groups is 1. The van der Waals surface area contributed by atoms with Crippen molar-refractivity contribution < 1.29 is 14.7 Å². The van der Waals surface area contributed by atoms with Crippen molar-refractivity contribution in [1.29, 1.82) is 0 Å². The maximum atomic E-state index is 8.59. The van der Waals surface area contributed by atoms with Gasteiger partial charge >= 0.3 is 0 Å². The van der Waals surface area contributed by atoms with Gasteiger partial charge in [-0.1, -0.05) is 5.16 Å². The lowest BCUT2D eigenvalue weighted by Gasteiger charge is -2.10. The van der Waals surface area contributed by atoms with Crippen molar-refractivity contribution in [3.05, 3.63) is 45.0 Å². The van der Waals surface area contributed by atoms with Crippen LogP contribution in [0.3, 0.4) is 0 Å². The monoisotopic (exact) mass is 415 g/mol. The molecular weight excluding hydrogens is 406 g/mol. The van der Waals surface area contributed by atoms with Crippen molar-refractivity contribution in [3.8, 4) is 17.4 Å². The van der Waals surface area contributed by atoms with Crippen LogP contribution in [0.25, 0.3) is 0 Å². The van der Waals surface area contributed by atoms with Crippen molar-refractivity contribution >= 4 is 37.7 Å². The quantitative estimate of drug-likeness (QED) is 0.344. The molecule has 0 spiro atoms. The summed E-state index contributed by atoms with van der Waals surface area (Å²) in [5, 5.41) is 11.5. The minimum Gasteiger partial charge on any atom is -0.496 e. The second-order valence-corrected chi connectivity index (χ2v) is 5.60. The molecule has 0 aliphatic heterocycles. The molecule has 3 N–H and O–H groups in total. The molecule has 0 unspecified atom stereocenters. The Morgan fingerprint density at radius 2 is 1.90 bits per heavy atom. The molecule has 0 bridgehead atoms. The van der Waals surface area contributed by atoms with Crippen molar-refractivity contribution in [2.24, 2.45) is 10.9 Å². The zero-order valence-electron chi connectivity index (χ0n) is 10.9. The van der Waals surface area contributed by atoms with E-state index < -0.39 is 0 Å². The zero-order valence-corrected chi connectivity index (χ0v) is 14.1. The van der Waals surface area contributed by atoms with Crippen molar-refractivity contribution in [3.63, 3.8) is 0 Å². The summed E-state index contributed by atoms with van der Waals surface area (Å²) in [6.07, 6.45) is 1.46. The number of halogens is 2. The normalized spacial score (nSPS) is 11.3. The van der Waals surface area contributed by atoms with E-state index in [4.69, 9.17) is 20.4 Å². The molecule has 0 amide bonds. The standard InChI is InChI=1S/C13H11Br2N3O3/c1-20-10-4-9(15)11(5-8(10)14)21-12-3-2-7(6-17-12)13(16)18-19/h2-6,19H,1H3,(H2,16,18). The Kier molecular flexibility index (Phi) is 5.03. The summed E-state index contributed by atoms with van der Waals surface area (Å²) < 4.78 is 12.3. The first-order valence-electron chi connectivity index (χ1n) is 5.70. The van der Waals surface area contributed by atoms with E-state index in [0.29, 0.717) is 22.9 Å². The Balaban J connectivity index is 2.24. The Hall–Kier alpha value is -1.80. The second-order valence-electron chi connectivity index (χ2n) is 3.89. The SMILES string of the molecule is COc1cc(Br)c(Oc2ccc(C(N)=NO)cn2)cc1Br. The van der Waals surface area contributed by atoms with Crippen molar-refractivity contribution in [2.45, 2.75) is 0 Å². The number of methoxy groups -OCH3 is 1. The number of oxime groups is 1. The fraction of sp³-hybridized carbons (Fsp3) is 0.0769. The first kappa shape index (κ1) is 15.6. The van der Waals surface area contributed by atoms with Gasteiger partial charge in [-0.15, -0.1) is 0 Å². The molecule has 2 aromatic rings. The molecule has 6 nitrogen and oxygen atoms in total. The van der Waals surface area contributed by atoms with Crippen LogP contribution < -0.4 is 15.2 Å². The fourth-order valence-corrected chi connectivity index (χ4v) is 2.40. The molecule has 0 fully saturated rings. The predicted molar refractivity (Wildman–Crippen MR) is 85.2 cm³/mol. The number of aromatic nitrogens is 1. The summed E-state index contributed by atoms with van der Waals surface area (Å²) in [5.41, 5.74) is 5.96. The summed E-state index contributed by atoms with van der Waals surface area (Å²) in [6.45, 7) is 0. The number of pyridine rings is 1. The van der Waals surface area contributed by atoms with Crippen LogP contribution in [0, 0.1) is 0 Å². The van der Waals surface area contributed by atoms with Gasteiger partial charge in [-0.2, -0.15) is 0 Å². The lowest BCUT2D eigenvalue weighted by Crippen LogP contribution is -2.13. The average Bonchev–Trinajstić information content (AvgIpc) is 2.50. The molecule has 0 aliphatic carbocycles. The molecule has 0 atom stereocenters. The molecule has 1 aromatic carbocycles. The van der Waals surface area contributed by atoms with Gasteiger partial charge in [0.05, 0.1) is 16.1 Å². The van der Waals surface area contributed by atoms with Gasteiger partial charge in [0, 0.05) is 17.8 Å². The number of benzene rings is 1. The summed E-state index contributed by atoms with van der Waals surface area (Å²) >= 11 is 6.79. The van der Waals surface area contributed by atoms with E-state index in [-0.39, 0.29) is 5.84 Å². The number of hydrogen-bond acceptors (Lipinski definition) is 5. The average molecular weight is 417 g/mol. The van der Waals surface area contributed by atoms with Crippen LogP contribution in [-0.4, -0.2) is 23.1 Å². The van der Waals surface area contributed by atoms with Crippen LogP contribution in [0.4, 0.5) is 0 Å². The van der Waals surface area contributed by atoms with Gasteiger partial charge < -0.3 is 20.4 Å². The summed E-state index contributed by atoms with van der Waals surface area (Å²) in [6, 6.07) is 6.81.